The molecular formula is C11H8F5NO3. The first-order chi connectivity index (χ1) is 9.08. The molecule has 0 saturated heterocycles. The minimum atomic E-state index is -5.86. The molecule has 0 fully saturated rings. The molecule has 20 heavy (non-hydrogen) atoms. The Morgan fingerprint density at radius 1 is 1.05 bits per heavy atom. The van der Waals surface area contributed by atoms with E-state index in [4.69, 9.17) is 10.4 Å². The van der Waals surface area contributed by atoms with Crippen molar-refractivity contribution in [2.45, 2.75) is 24.5 Å². The van der Waals surface area contributed by atoms with Crippen LogP contribution in [0.25, 0.3) is 0 Å². The van der Waals surface area contributed by atoms with Crippen LogP contribution in [-0.4, -0.2) is 28.6 Å². The van der Waals surface area contributed by atoms with E-state index in [1.807, 2.05) is 0 Å². The number of rotatable bonds is 4. The third-order valence-corrected chi connectivity index (χ3v) is 2.23. The van der Waals surface area contributed by atoms with Gasteiger partial charge in [-0.3, -0.25) is 0 Å². The number of halogens is 5. The lowest BCUT2D eigenvalue weighted by molar-refractivity contribution is -0.360. The normalized spacial score (nSPS) is 15.3. The van der Waals surface area contributed by atoms with Gasteiger partial charge in [0.05, 0.1) is 6.07 Å². The van der Waals surface area contributed by atoms with E-state index < -0.39 is 30.2 Å². The number of nitriles is 1. The van der Waals surface area contributed by atoms with Gasteiger partial charge in [-0.05, 0) is 17.7 Å². The van der Waals surface area contributed by atoms with Gasteiger partial charge in [-0.25, -0.2) is 0 Å². The highest BCUT2D eigenvalue weighted by Crippen LogP contribution is 2.37. The maximum atomic E-state index is 12.6. The van der Waals surface area contributed by atoms with E-state index in [1.165, 1.54) is 6.07 Å². The van der Waals surface area contributed by atoms with Crippen LogP contribution in [0.15, 0.2) is 24.3 Å². The maximum absolute atomic E-state index is 12.6. The minimum Gasteiger partial charge on any atom is -0.426 e. The van der Waals surface area contributed by atoms with E-state index >= 15 is 0 Å². The molecule has 9 heteroatoms. The van der Waals surface area contributed by atoms with Crippen LogP contribution in [-0.2, 0) is 0 Å². The Bertz CT molecular complexity index is 494. The van der Waals surface area contributed by atoms with Gasteiger partial charge in [0.15, 0.2) is 6.10 Å². The van der Waals surface area contributed by atoms with Crippen molar-refractivity contribution in [1.82, 2.24) is 0 Å². The summed E-state index contributed by atoms with van der Waals surface area (Å²) in [6, 6.07) is 4.75. The van der Waals surface area contributed by atoms with Crippen LogP contribution < -0.4 is 4.74 Å². The van der Waals surface area contributed by atoms with Gasteiger partial charge < -0.3 is 14.9 Å². The van der Waals surface area contributed by atoms with Gasteiger partial charge >= 0.3 is 12.3 Å². The van der Waals surface area contributed by atoms with E-state index in [0.717, 1.165) is 24.3 Å². The lowest BCUT2D eigenvalue weighted by atomic mass is 10.1. The average molecular weight is 297 g/mol. The monoisotopic (exact) mass is 297 g/mol. The summed E-state index contributed by atoms with van der Waals surface area (Å²) in [6.07, 6.45) is -14.6. The molecule has 0 saturated carbocycles. The molecule has 2 atom stereocenters. The Hall–Kier alpha value is -1.92. The molecular weight excluding hydrogens is 289 g/mol. The SMILES string of the molecule is N#CC(O)C(O)c1ccc(OC(F)(F)C(F)(F)F)cc1. The van der Waals surface area contributed by atoms with Crippen molar-refractivity contribution in [3.63, 3.8) is 0 Å². The average Bonchev–Trinajstić information content (AvgIpc) is 2.36. The van der Waals surface area contributed by atoms with E-state index in [0.29, 0.717) is 0 Å². The molecule has 0 radical (unpaired) electrons. The van der Waals surface area contributed by atoms with E-state index in [-0.39, 0.29) is 5.56 Å². The number of aliphatic hydroxyl groups is 2. The van der Waals surface area contributed by atoms with Crippen molar-refractivity contribution < 1.29 is 36.9 Å². The molecule has 0 amide bonds. The number of benzene rings is 1. The van der Waals surface area contributed by atoms with Crippen molar-refractivity contribution in [3.8, 4) is 11.8 Å². The largest absolute Gasteiger partial charge is 0.499 e. The fraction of sp³-hybridized carbons (Fsp3) is 0.364. The van der Waals surface area contributed by atoms with E-state index in [9.17, 15) is 27.1 Å². The van der Waals surface area contributed by atoms with Gasteiger partial charge in [-0.2, -0.15) is 27.2 Å². The van der Waals surface area contributed by atoms with Crippen LogP contribution in [0.4, 0.5) is 22.0 Å². The van der Waals surface area contributed by atoms with Crippen LogP contribution >= 0.6 is 0 Å². The maximum Gasteiger partial charge on any atom is 0.499 e. The molecule has 2 N–H and O–H groups in total. The summed E-state index contributed by atoms with van der Waals surface area (Å²) >= 11 is 0. The summed E-state index contributed by atoms with van der Waals surface area (Å²) in [5.74, 6) is -0.783. The van der Waals surface area contributed by atoms with Gasteiger partial charge in [0.2, 0.25) is 0 Å². The molecule has 0 spiro atoms. The highest BCUT2D eigenvalue weighted by Gasteiger charge is 2.61. The number of aliphatic hydroxyl groups excluding tert-OH is 2. The summed E-state index contributed by atoms with van der Waals surface area (Å²) in [5, 5.41) is 26.8. The number of hydrogen-bond donors (Lipinski definition) is 2. The van der Waals surface area contributed by atoms with Crippen molar-refractivity contribution in [2.24, 2.45) is 0 Å². The highest BCUT2D eigenvalue weighted by atomic mass is 19.4. The first-order valence-corrected chi connectivity index (χ1v) is 5.08. The molecule has 0 aliphatic carbocycles. The van der Waals surface area contributed by atoms with Gasteiger partial charge in [-0.15, -0.1) is 0 Å². The fourth-order valence-corrected chi connectivity index (χ4v) is 1.19. The van der Waals surface area contributed by atoms with Crippen molar-refractivity contribution >= 4 is 0 Å². The molecule has 110 valence electrons. The number of alkyl halides is 5. The van der Waals surface area contributed by atoms with Crippen LogP contribution in [0.2, 0.25) is 0 Å². The van der Waals surface area contributed by atoms with Crippen LogP contribution in [0.5, 0.6) is 5.75 Å². The van der Waals surface area contributed by atoms with Crippen molar-refractivity contribution in [3.05, 3.63) is 29.8 Å². The molecule has 0 aliphatic heterocycles. The Labute approximate surface area is 109 Å². The number of hydrogen-bond acceptors (Lipinski definition) is 4. The van der Waals surface area contributed by atoms with Crippen LogP contribution in [0.1, 0.15) is 11.7 Å². The Morgan fingerprint density at radius 2 is 1.55 bits per heavy atom. The summed E-state index contributed by atoms with van der Waals surface area (Å²) in [6.45, 7) is 0. The first kappa shape index (κ1) is 16.1. The zero-order valence-corrected chi connectivity index (χ0v) is 9.60. The Balaban J connectivity index is 2.86. The minimum absolute atomic E-state index is 0.0401. The molecule has 1 aromatic rings. The standard InChI is InChI=1S/C11H8F5NO3/c12-10(13,14)11(15,16)20-7-3-1-6(2-4-7)9(19)8(18)5-17/h1-4,8-9,18-19H. The Morgan fingerprint density at radius 3 is 1.95 bits per heavy atom. The van der Waals surface area contributed by atoms with Crippen molar-refractivity contribution in [2.75, 3.05) is 0 Å². The summed E-state index contributed by atoms with van der Waals surface area (Å²) in [7, 11) is 0. The smallest absolute Gasteiger partial charge is 0.426 e. The second-order valence-electron chi connectivity index (χ2n) is 3.70. The molecule has 0 aliphatic rings. The van der Waals surface area contributed by atoms with Gasteiger partial charge in [-0.1, -0.05) is 12.1 Å². The highest BCUT2D eigenvalue weighted by molar-refractivity contribution is 5.30. The second kappa shape index (κ2) is 5.60. The molecule has 0 bridgehead atoms. The third kappa shape index (κ3) is 3.55. The predicted octanol–water partition coefficient (Wildman–Crippen LogP) is 2.14. The van der Waals surface area contributed by atoms with Crippen LogP contribution in [0, 0.1) is 11.3 Å². The number of ether oxygens (including phenoxy) is 1. The lowest BCUT2D eigenvalue weighted by Gasteiger charge is -2.20. The molecule has 0 aromatic heterocycles. The molecule has 2 unspecified atom stereocenters. The zero-order chi connectivity index (χ0) is 15.6. The first-order valence-electron chi connectivity index (χ1n) is 5.08. The summed E-state index contributed by atoms with van der Waals surface area (Å²) < 4.78 is 64.4. The third-order valence-electron chi connectivity index (χ3n) is 2.23. The van der Waals surface area contributed by atoms with Gasteiger partial charge in [0.25, 0.3) is 0 Å². The van der Waals surface area contributed by atoms with Gasteiger partial charge in [0, 0.05) is 0 Å². The van der Waals surface area contributed by atoms with Crippen molar-refractivity contribution in [1.29, 1.82) is 5.26 Å². The molecule has 4 nitrogen and oxygen atoms in total. The quantitative estimate of drug-likeness (QED) is 0.659. The molecule has 0 heterocycles. The van der Waals surface area contributed by atoms with E-state index in [2.05, 4.69) is 4.74 Å². The van der Waals surface area contributed by atoms with Crippen LogP contribution in [0.3, 0.4) is 0 Å². The summed E-state index contributed by atoms with van der Waals surface area (Å²) in [4.78, 5) is 0. The summed E-state index contributed by atoms with van der Waals surface area (Å²) in [5.41, 5.74) is -0.0401. The second-order valence-corrected chi connectivity index (χ2v) is 3.70. The molecule has 1 rings (SSSR count). The lowest BCUT2D eigenvalue weighted by Crippen LogP contribution is -2.41. The zero-order valence-electron chi connectivity index (χ0n) is 9.60. The topological polar surface area (TPSA) is 73.5 Å². The Kier molecular flexibility index (Phi) is 4.52. The molecule has 1 aromatic carbocycles. The fourth-order valence-electron chi connectivity index (χ4n) is 1.19. The predicted molar refractivity (Wildman–Crippen MR) is 54.7 cm³/mol. The van der Waals surface area contributed by atoms with E-state index in [1.54, 1.807) is 0 Å². The van der Waals surface area contributed by atoms with Gasteiger partial charge in [0.1, 0.15) is 11.9 Å². The number of nitrogens with zero attached hydrogens (tertiary/aromatic N) is 1.